The van der Waals surface area contributed by atoms with Crippen molar-refractivity contribution in [1.29, 1.82) is 0 Å². The van der Waals surface area contributed by atoms with E-state index in [4.69, 9.17) is 5.73 Å². The predicted molar refractivity (Wildman–Crippen MR) is 48.2 cm³/mol. The van der Waals surface area contributed by atoms with Gasteiger partial charge in [-0.05, 0) is 24.7 Å². The zero-order valence-corrected chi connectivity index (χ0v) is 7.32. The van der Waals surface area contributed by atoms with E-state index in [9.17, 15) is 4.79 Å². The van der Waals surface area contributed by atoms with Crippen LogP contribution in [0.4, 0.5) is 0 Å². The van der Waals surface area contributed by atoms with Crippen LogP contribution in [-0.2, 0) is 4.79 Å². The number of nitrogens with two attached hydrogens (primary N) is 1. The van der Waals surface area contributed by atoms with Gasteiger partial charge in [-0.2, -0.15) is 0 Å². The number of hydrogen-bond donors (Lipinski definition) is 1. The van der Waals surface area contributed by atoms with Crippen molar-refractivity contribution in [2.24, 2.45) is 5.73 Å². The summed E-state index contributed by atoms with van der Waals surface area (Å²) in [6.45, 7) is 0. The molecule has 1 amide bonds. The second kappa shape index (κ2) is 4.44. The largest absolute Gasteiger partial charge is 0.370 e. The van der Waals surface area contributed by atoms with E-state index in [0.717, 1.165) is 12.8 Å². The number of rotatable bonds is 4. The third kappa shape index (κ3) is 3.46. The van der Waals surface area contributed by atoms with Gasteiger partial charge in [0.1, 0.15) is 0 Å². The van der Waals surface area contributed by atoms with E-state index in [1.54, 1.807) is 0 Å². The van der Waals surface area contributed by atoms with Crippen molar-refractivity contribution in [3.8, 4) is 0 Å². The predicted octanol–water partition coefficient (Wildman–Crippen LogP) is 1.66. The minimum atomic E-state index is -0.184. The molecule has 0 atom stereocenters. The third-order valence-electron chi connectivity index (χ3n) is 1.71. The molecule has 0 aliphatic carbocycles. The zero-order valence-electron chi connectivity index (χ0n) is 6.51. The summed E-state index contributed by atoms with van der Waals surface area (Å²) in [5.74, 6) is 1.03. The standard InChI is InChI=1S/C8H13NOS/c9-8(10)3-1-2-7-4-5-11-6-7/h6H,1-5H2,(H2,9,10). The fraction of sp³-hybridized carbons (Fsp3) is 0.625. The summed E-state index contributed by atoms with van der Waals surface area (Å²) in [6, 6.07) is 0. The highest BCUT2D eigenvalue weighted by Crippen LogP contribution is 2.25. The van der Waals surface area contributed by atoms with Crippen LogP contribution in [0.5, 0.6) is 0 Å². The SMILES string of the molecule is NC(=O)CCCC1=CSCC1. The van der Waals surface area contributed by atoms with Gasteiger partial charge in [0, 0.05) is 12.2 Å². The Hall–Kier alpha value is -0.440. The van der Waals surface area contributed by atoms with Crippen molar-refractivity contribution >= 4 is 17.7 Å². The number of carbonyl (C=O) groups is 1. The molecular formula is C8H13NOS. The lowest BCUT2D eigenvalue weighted by molar-refractivity contribution is -0.118. The van der Waals surface area contributed by atoms with Crippen LogP contribution in [0.3, 0.4) is 0 Å². The summed E-state index contributed by atoms with van der Waals surface area (Å²) in [5.41, 5.74) is 6.50. The number of amides is 1. The summed E-state index contributed by atoms with van der Waals surface area (Å²) in [7, 11) is 0. The molecule has 3 heteroatoms. The van der Waals surface area contributed by atoms with E-state index >= 15 is 0 Å². The van der Waals surface area contributed by atoms with Gasteiger partial charge in [0.25, 0.3) is 0 Å². The molecular weight excluding hydrogens is 158 g/mol. The molecule has 1 rings (SSSR count). The van der Waals surface area contributed by atoms with Crippen LogP contribution in [0.1, 0.15) is 25.7 Å². The number of primary amides is 1. The number of thioether (sulfide) groups is 1. The molecule has 0 aromatic rings. The fourth-order valence-corrected chi connectivity index (χ4v) is 2.07. The van der Waals surface area contributed by atoms with Crippen LogP contribution in [0, 0.1) is 0 Å². The molecule has 0 saturated heterocycles. The van der Waals surface area contributed by atoms with Crippen LogP contribution in [-0.4, -0.2) is 11.7 Å². The van der Waals surface area contributed by atoms with Gasteiger partial charge in [-0.3, -0.25) is 4.79 Å². The average molecular weight is 171 g/mol. The Balaban J connectivity index is 2.07. The Morgan fingerprint density at radius 3 is 3.09 bits per heavy atom. The van der Waals surface area contributed by atoms with Crippen LogP contribution in [0.25, 0.3) is 0 Å². The third-order valence-corrected chi connectivity index (χ3v) is 2.65. The smallest absolute Gasteiger partial charge is 0.217 e. The zero-order chi connectivity index (χ0) is 8.10. The quantitative estimate of drug-likeness (QED) is 0.699. The Morgan fingerprint density at radius 2 is 2.55 bits per heavy atom. The highest BCUT2D eigenvalue weighted by molar-refractivity contribution is 8.02. The monoisotopic (exact) mass is 171 g/mol. The van der Waals surface area contributed by atoms with Crippen molar-refractivity contribution in [2.75, 3.05) is 5.75 Å². The van der Waals surface area contributed by atoms with E-state index in [1.165, 1.54) is 17.7 Å². The summed E-state index contributed by atoms with van der Waals surface area (Å²) >= 11 is 1.86. The lowest BCUT2D eigenvalue weighted by atomic mass is 10.1. The number of allylic oxidation sites excluding steroid dienone is 1. The highest BCUT2D eigenvalue weighted by Gasteiger charge is 2.04. The normalized spacial score (nSPS) is 16.5. The van der Waals surface area contributed by atoms with Crippen molar-refractivity contribution < 1.29 is 4.79 Å². The van der Waals surface area contributed by atoms with E-state index in [1.807, 2.05) is 11.8 Å². The molecule has 0 spiro atoms. The van der Waals surface area contributed by atoms with Crippen molar-refractivity contribution in [3.05, 3.63) is 11.0 Å². The number of hydrogen-bond acceptors (Lipinski definition) is 2. The average Bonchev–Trinajstić information content (AvgIpc) is 2.39. The second-order valence-corrected chi connectivity index (χ2v) is 3.69. The minimum Gasteiger partial charge on any atom is -0.370 e. The maximum atomic E-state index is 10.4. The van der Waals surface area contributed by atoms with Gasteiger partial charge in [-0.25, -0.2) is 0 Å². The molecule has 0 aromatic carbocycles. The Kier molecular flexibility index (Phi) is 3.49. The Bertz CT molecular complexity index is 177. The van der Waals surface area contributed by atoms with E-state index in [0.29, 0.717) is 6.42 Å². The molecule has 1 aliphatic heterocycles. The van der Waals surface area contributed by atoms with Crippen molar-refractivity contribution in [3.63, 3.8) is 0 Å². The minimum absolute atomic E-state index is 0.184. The van der Waals surface area contributed by atoms with Gasteiger partial charge in [0.15, 0.2) is 0 Å². The first-order chi connectivity index (χ1) is 5.29. The molecule has 0 bridgehead atoms. The first-order valence-electron chi connectivity index (χ1n) is 3.87. The molecule has 0 fully saturated rings. The molecule has 1 aliphatic rings. The lowest BCUT2D eigenvalue weighted by Crippen LogP contribution is -2.09. The molecule has 62 valence electrons. The molecule has 0 aromatic heterocycles. The van der Waals surface area contributed by atoms with Gasteiger partial charge in [0.2, 0.25) is 5.91 Å². The van der Waals surface area contributed by atoms with E-state index in [-0.39, 0.29) is 5.91 Å². The molecule has 0 saturated carbocycles. The van der Waals surface area contributed by atoms with E-state index in [2.05, 4.69) is 5.41 Å². The highest BCUT2D eigenvalue weighted by atomic mass is 32.2. The maximum absolute atomic E-state index is 10.4. The van der Waals surface area contributed by atoms with Crippen molar-refractivity contribution in [1.82, 2.24) is 0 Å². The fourth-order valence-electron chi connectivity index (χ4n) is 1.10. The second-order valence-electron chi connectivity index (χ2n) is 2.72. The summed E-state index contributed by atoms with van der Waals surface area (Å²) in [5, 5.41) is 2.21. The molecule has 2 nitrogen and oxygen atoms in total. The molecule has 11 heavy (non-hydrogen) atoms. The van der Waals surface area contributed by atoms with Gasteiger partial charge in [0.05, 0.1) is 0 Å². The lowest BCUT2D eigenvalue weighted by Gasteiger charge is -1.97. The summed E-state index contributed by atoms with van der Waals surface area (Å²) in [6.07, 6.45) is 3.70. The van der Waals surface area contributed by atoms with Crippen molar-refractivity contribution in [2.45, 2.75) is 25.7 Å². The maximum Gasteiger partial charge on any atom is 0.217 e. The first-order valence-corrected chi connectivity index (χ1v) is 4.92. The van der Waals surface area contributed by atoms with Gasteiger partial charge >= 0.3 is 0 Å². The molecule has 0 unspecified atom stereocenters. The van der Waals surface area contributed by atoms with Crippen LogP contribution >= 0.6 is 11.8 Å². The van der Waals surface area contributed by atoms with Crippen LogP contribution in [0.2, 0.25) is 0 Å². The Morgan fingerprint density at radius 1 is 1.73 bits per heavy atom. The van der Waals surface area contributed by atoms with Crippen LogP contribution < -0.4 is 5.73 Å². The van der Waals surface area contributed by atoms with Crippen LogP contribution in [0.15, 0.2) is 11.0 Å². The molecule has 0 radical (unpaired) electrons. The molecule has 2 N–H and O–H groups in total. The topological polar surface area (TPSA) is 43.1 Å². The van der Waals surface area contributed by atoms with Gasteiger partial charge < -0.3 is 5.73 Å². The summed E-state index contributed by atoms with van der Waals surface area (Å²) < 4.78 is 0. The van der Waals surface area contributed by atoms with Gasteiger partial charge in [-0.15, -0.1) is 11.8 Å². The molecule has 1 heterocycles. The first kappa shape index (κ1) is 8.65. The summed E-state index contributed by atoms with van der Waals surface area (Å²) in [4.78, 5) is 10.4. The van der Waals surface area contributed by atoms with Gasteiger partial charge in [-0.1, -0.05) is 5.57 Å². The Labute approximate surface area is 71.2 Å². The van der Waals surface area contributed by atoms with E-state index < -0.39 is 0 Å². The number of carbonyl (C=O) groups excluding carboxylic acids is 1.